The summed E-state index contributed by atoms with van der Waals surface area (Å²) in [5, 5.41) is 0. The van der Waals surface area contributed by atoms with E-state index in [0.29, 0.717) is 5.92 Å². The van der Waals surface area contributed by atoms with Crippen molar-refractivity contribution in [1.82, 2.24) is 0 Å². The summed E-state index contributed by atoms with van der Waals surface area (Å²) in [5.41, 5.74) is 2.82. The van der Waals surface area contributed by atoms with Gasteiger partial charge in [-0.3, -0.25) is 0 Å². The molecule has 0 saturated heterocycles. The van der Waals surface area contributed by atoms with E-state index in [1.165, 1.54) is 25.0 Å². The van der Waals surface area contributed by atoms with E-state index in [9.17, 15) is 13.2 Å². The first-order chi connectivity index (χ1) is 13.2. The lowest BCUT2D eigenvalue weighted by Crippen LogP contribution is -2.24. The zero-order valence-electron chi connectivity index (χ0n) is 17.1. The van der Waals surface area contributed by atoms with Gasteiger partial charge in [-0.15, -0.1) is 0 Å². The first-order valence-electron chi connectivity index (χ1n) is 10.1. The van der Waals surface area contributed by atoms with Crippen LogP contribution in [0.1, 0.15) is 60.4 Å². The van der Waals surface area contributed by atoms with Crippen LogP contribution < -0.4 is 4.74 Å². The standard InChI is InChI=1S/C24H29F3O/c1-15-5-7-19(8-6-15)13-20-9-10-22(23(25)14-20)24(26,27)28-21-11-16(2)18(4)17(3)12-21/h9-12,14-15,19H,5-8,13H2,1-4H3. The van der Waals surface area contributed by atoms with Gasteiger partial charge in [0.05, 0.1) is 5.56 Å². The first kappa shape index (κ1) is 20.8. The summed E-state index contributed by atoms with van der Waals surface area (Å²) in [5.74, 6) is 0.398. The number of aryl methyl sites for hydroxylation is 2. The molecule has 4 heteroatoms. The lowest BCUT2D eigenvalue weighted by atomic mass is 9.80. The second-order valence-corrected chi connectivity index (χ2v) is 8.45. The largest absolute Gasteiger partial charge is 0.429 e. The molecule has 0 spiro atoms. The summed E-state index contributed by atoms with van der Waals surface area (Å²) in [6, 6.07) is 7.15. The molecule has 0 aliphatic heterocycles. The minimum absolute atomic E-state index is 0.0467. The minimum Gasteiger partial charge on any atom is -0.429 e. The van der Waals surface area contributed by atoms with Gasteiger partial charge >= 0.3 is 6.11 Å². The fourth-order valence-electron chi connectivity index (χ4n) is 4.05. The number of hydrogen-bond acceptors (Lipinski definition) is 1. The van der Waals surface area contributed by atoms with Crippen LogP contribution in [0, 0.1) is 38.4 Å². The van der Waals surface area contributed by atoms with Crippen molar-refractivity contribution in [2.75, 3.05) is 0 Å². The fourth-order valence-corrected chi connectivity index (χ4v) is 4.05. The summed E-state index contributed by atoms with van der Waals surface area (Å²) >= 11 is 0. The molecule has 0 heterocycles. The van der Waals surface area contributed by atoms with Gasteiger partial charge < -0.3 is 4.74 Å². The van der Waals surface area contributed by atoms with Crippen LogP contribution in [-0.4, -0.2) is 0 Å². The second kappa shape index (κ2) is 8.18. The van der Waals surface area contributed by atoms with Crippen molar-refractivity contribution in [3.8, 4) is 5.75 Å². The van der Waals surface area contributed by atoms with Gasteiger partial charge in [-0.2, -0.15) is 8.78 Å². The highest BCUT2D eigenvalue weighted by molar-refractivity contribution is 5.40. The van der Waals surface area contributed by atoms with E-state index in [-0.39, 0.29) is 5.75 Å². The number of ether oxygens (including phenoxy) is 1. The Labute approximate surface area is 165 Å². The molecule has 0 N–H and O–H groups in total. The van der Waals surface area contributed by atoms with Crippen molar-refractivity contribution in [3.05, 3.63) is 64.0 Å². The van der Waals surface area contributed by atoms with Crippen molar-refractivity contribution in [3.63, 3.8) is 0 Å². The lowest BCUT2D eigenvalue weighted by molar-refractivity contribution is -0.187. The molecule has 0 aromatic heterocycles. The smallest absolute Gasteiger partial charge is 0.429 e. The van der Waals surface area contributed by atoms with E-state index >= 15 is 0 Å². The van der Waals surface area contributed by atoms with Crippen LogP contribution in [0.15, 0.2) is 30.3 Å². The van der Waals surface area contributed by atoms with Gasteiger partial charge in [0.15, 0.2) is 0 Å². The van der Waals surface area contributed by atoms with Crippen LogP contribution in [0.3, 0.4) is 0 Å². The van der Waals surface area contributed by atoms with Gasteiger partial charge in [0.2, 0.25) is 0 Å². The van der Waals surface area contributed by atoms with Gasteiger partial charge in [0.25, 0.3) is 0 Å². The highest BCUT2D eigenvalue weighted by Gasteiger charge is 2.38. The Morgan fingerprint density at radius 3 is 2.14 bits per heavy atom. The molecule has 28 heavy (non-hydrogen) atoms. The molecule has 0 amide bonds. The highest BCUT2D eigenvalue weighted by atomic mass is 19.3. The van der Waals surface area contributed by atoms with E-state index < -0.39 is 17.5 Å². The highest BCUT2D eigenvalue weighted by Crippen LogP contribution is 2.36. The molecule has 0 bridgehead atoms. The Balaban J connectivity index is 1.75. The molecular weight excluding hydrogens is 361 g/mol. The van der Waals surface area contributed by atoms with E-state index in [4.69, 9.17) is 4.74 Å². The van der Waals surface area contributed by atoms with Crippen LogP contribution in [0.5, 0.6) is 5.75 Å². The monoisotopic (exact) mass is 390 g/mol. The van der Waals surface area contributed by atoms with Gasteiger partial charge in [-0.05, 0) is 98.4 Å². The summed E-state index contributed by atoms with van der Waals surface area (Å²) in [6.07, 6.45) is 1.63. The number of alkyl halides is 2. The third-order valence-corrected chi connectivity index (χ3v) is 6.15. The molecule has 1 aliphatic rings. The Kier molecular flexibility index (Phi) is 6.07. The maximum absolute atomic E-state index is 14.6. The van der Waals surface area contributed by atoms with Gasteiger partial charge in [0.1, 0.15) is 11.6 Å². The number of hydrogen-bond donors (Lipinski definition) is 0. The molecular formula is C24H29F3O. The molecule has 1 aliphatic carbocycles. The SMILES string of the molecule is Cc1cc(OC(F)(F)c2ccc(CC3CCC(C)CC3)cc2F)cc(C)c1C. The van der Waals surface area contributed by atoms with Gasteiger partial charge in [-0.1, -0.05) is 25.8 Å². The van der Waals surface area contributed by atoms with Crippen molar-refractivity contribution in [2.45, 2.75) is 65.9 Å². The van der Waals surface area contributed by atoms with Crippen molar-refractivity contribution in [2.24, 2.45) is 11.8 Å². The molecule has 0 atom stereocenters. The first-order valence-corrected chi connectivity index (χ1v) is 10.1. The lowest BCUT2D eigenvalue weighted by Gasteiger charge is -2.26. The Hall–Kier alpha value is -1.97. The van der Waals surface area contributed by atoms with Crippen LogP contribution in [0.4, 0.5) is 13.2 Å². The van der Waals surface area contributed by atoms with Crippen LogP contribution in [0.2, 0.25) is 0 Å². The fraction of sp³-hybridized carbons (Fsp3) is 0.500. The zero-order chi connectivity index (χ0) is 20.5. The van der Waals surface area contributed by atoms with Gasteiger partial charge in [-0.25, -0.2) is 4.39 Å². The number of halogens is 3. The van der Waals surface area contributed by atoms with E-state index in [0.717, 1.165) is 47.4 Å². The van der Waals surface area contributed by atoms with E-state index in [1.807, 2.05) is 20.8 Å². The quantitative estimate of drug-likeness (QED) is 0.522. The van der Waals surface area contributed by atoms with Crippen LogP contribution in [-0.2, 0) is 12.5 Å². The average molecular weight is 390 g/mol. The topological polar surface area (TPSA) is 9.23 Å². The molecule has 2 aromatic rings. The van der Waals surface area contributed by atoms with Crippen molar-refractivity contribution >= 4 is 0 Å². The van der Waals surface area contributed by atoms with Crippen molar-refractivity contribution < 1.29 is 17.9 Å². The predicted octanol–water partition coefficient (Wildman–Crippen LogP) is 7.25. The molecule has 0 unspecified atom stereocenters. The number of benzene rings is 2. The van der Waals surface area contributed by atoms with Crippen LogP contribution >= 0.6 is 0 Å². The summed E-state index contributed by atoms with van der Waals surface area (Å²) in [7, 11) is 0. The average Bonchev–Trinajstić information content (AvgIpc) is 2.61. The zero-order valence-corrected chi connectivity index (χ0v) is 17.1. The predicted molar refractivity (Wildman–Crippen MR) is 106 cm³/mol. The number of rotatable bonds is 5. The third kappa shape index (κ3) is 4.71. The Bertz CT molecular complexity index is 813. The minimum atomic E-state index is -3.73. The van der Waals surface area contributed by atoms with Gasteiger partial charge in [0, 0.05) is 0 Å². The summed E-state index contributed by atoms with van der Waals surface area (Å²) in [6.45, 7) is 7.87. The molecule has 0 radical (unpaired) electrons. The molecule has 1 fully saturated rings. The second-order valence-electron chi connectivity index (χ2n) is 8.45. The third-order valence-electron chi connectivity index (χ3n) is 6.15. The molecule has 2 aromatic carbocycles. The molecule has 1 nitrogen and oxygen atoms in total. The molecule has 1 saturated carbocycles. The summed E-state index contributed by atoms with van der Waals surface area (Å²) in [4.78, 5) is 0. The molecule has 152 valence electrons. The van der Waals surface area contributed by atoms with Crippen molar-refractivity contribution in [1.29, 1.82) is 0 Å². The maximum atomic E-state index is 14.6. The maximum Gasteiger partial charge on any atom is 0.429 e. The summed E-state index contributed by atoms with van der Waals surface area (Å²) < 4.78 is 48.7. The van der Waals surface area contributed by atoms with E-state index in [1.54, 1.807) is 18.2 Å². The normalized spacial score (nSPS) is 20.2. The van der Waals surface area contributed by atoms with Crippen LogP contribution in [0.25, 0.3) is 0 Å². The molecule has 3 rings (SSSR count). The van der Waals surface area contributed by atoms with E-state index in [2.05, 4.69) is 6.92 Å². The Morgan fingerprint density at radius 2 is 1.57 bits per heavy atom. The Morgan fingerprint density at radius 1 is 0.964 bits per heavy atom.